The molecule has 0 radical (unpaired) electrons. The van der Waals surface area contributed by atoms with Gasteiger partial charge in [0.2, 0.25) is 0 Å². The number of alkyl halides is 1. The fraction of sp³-hybridized carbons (Fsp3) is 0.462. The number of hydrogen-bond acceptors (Lipinski definition) is 3. The van der Waals surface area contributed by atoms with Crippen LogP contribution in [0.15, 0.2) is 24.3 Å². The third kappa shape index (κ3) is 3.70. The van der Waals surface area contributed by atoms with Gasteiger partial charge in [-0.2, -0.15) is 0 Å². The van der Waals surface area contributed by atoms with Crippen molar-refractivity contribution < 1.29 is 14.3 Å². The van der Waals surface area contributed by atoms with Gasteiger partial charge in [-0.05, 0) is 11.1 Å². The van der Waals surface area contributed by atoms with Crippen LogP contribution in [-0.2, 0) is 26.7 Å². The van der Waals surface area contributed by atoms with Crippen molar-refractivity contribution in [3.8, 4) is 0 Å². The molecule has 1 unspecified atom stereocenters. The molecule has 5 heteroatoms. The standard InChI is InChI=1S/C13H16ClNO3/c14-7-10-1-3-11(4-2-10)8-15-13(16)12-9-17-5-6-18-12/h1-4,12H,5-9H2,(H,15,16). The minimum Gasteiger partial charge on any atom is -0.376 e. The van der Waals surface area contributed by atoms with Gasteiger partial charge in [-0.1, -0.05) is 24.3 Å². The van der Waals surface area contributed by atoms with Crippen molar-refractivity contribution in [3.05, 3.63) is 35.4 Å². The number of halogens is 1. The van der Waals surface area contributed by atoms with Crippen molar-refractivity contribution in [1.82, 2.24) is 5.32 Å². The lowest BCUT2D eigenvalue weighted by Gasteiger charge is -2.22. The van der Waals surface area contributed by atoms with Crippen LogP contribution in [0, 0.1) is 0 Å². The summed E-state index contributed by atoms with van der Waals surface area (Å²) in [6.07, 6.45) is -0.485. The van der Waals surface area contributed by atoms with E-state index in [-0.39, 0.29) is 5.91 Å². The maximum absolute atomic E-state index is 11.8. The first-order valence-corrected chi connectivity index (χ1v) is 6.44. The Balaban J connectivity index is 1.80. The normalized spacial score (nSPS) is 19.5. The fourth-order valence-electron chi connectivity index (χ4n) is 1.69. The summed E-state index contributed by atoms with van der Waals surface area (Å²) >= 11 is 5.71. The molecule has 1 atom stereocenters. The SMILES string of the molecule is O=C(NCc1ccc(CCl)cc1)C1COCCO1. The van der Waals surface area contributed by atoms with Gasteiger partial charge in [0.15, 0.2) is 6.10 Å². The number of nitrogens with one attached hydrogen (secondary N) is 1. The molecule has 1 N–H and O–H groups in total. The van der Waals surface area contributed by atoms with Crippen LogP contribution < -0.4 is 5.32 Å². The van der Waals surface area contributed by atoms with Crippen LogP contribution in [0.25, 0.3) is 0 Å². The molecule has 1 aliphatic heterocycles. The maximum atomic E-state index is 11.8. The average molecular weight is 270 g/mol. The molecule has 4 nitrogen and oxygen atoms in total. The third-order valence-electron chi connectivity index (χ3n) is 2.75. The molecule has 1 amide bonds. The zero-order valence-corrected chi connectivity index (χ0v) is 10.8. The van der Waals surface area contributed by atoms with E-state index in [0.29, 0.717) is 32.2 Å². The van der Waals surface area contributed by atoms with E-state index in [2.05, 4.69) is 5.32 Å². The van der Waals surface area contributed by atoms with E-state index in [1.165, 1.54) is 0 Å². The molecule has 1 saturated heterocycles. The zero-order valence-electron chi connectivity index (χ0n) is 10.0. The quantitative estimate of drug-likeness (QED) is 0.842. The van der Waals surface area contributed by atoms with Crippen LogP contribution in [0.4, 0.5) is 0 Å². The monoisotopic (exact) mass is 269 g/mol. The Hall–Kier alpha value is -1.10. The number of rotatable bonds is 4. The van der Waals surface area contributed by atoms with Crippen LogP contribution >= 0.6 is 11.6 Å². The second-order valence-corrected chi connectivity index (χ2v) is 4.37. The van der Waals surface area contributed by atoms with Crippen LogP contribution in [-0.4, -0.2) is 31.8 Å². The first kappa shape index (κ1) is 13.3. The van der Waals surface area contributed by atoms with Crippen molar-refractivity contribution >= 4 is 17.5 Å². The second-order valence-electron chi connectivity index (χ2n) is 4.10. The summed E-state index contributed by atoms with van der Waals surface area (Å²) in [5.41, 5.74) is 2.10. The number of amides is 1. The van der Waals surface area contributed by atoms with E-state index < -0.39 is 6.10 Å². The van der Waals surface area contributed by atoms with Gasteiger partial charge in [0.25, 0.3) is 5.91 Å². The van der Waals surface area contributed by atoms with Crippen molar-refractivity contribution in [2.75, 3.05) is 19.8 Å². The molecule has 1 aliphatic rings. The number of carbonyl (C=O) groups excluding carboxylic acids is 1. The molecule has 1 heterocycles. The van der Waals surface area contributed by atoms with E-state index in [4.69, 9.17) is 21.1 Å². The van der Waals surface area contributed by atoms with E-state index in [9.17, 15) is 4.79 Å². The summed E-state index contributed by atoms with van der Waals surface area (Å²) < 4.78 is 10.5. The Kier molecular flexibility index (Phi) is 4.99. The van der Waals surface area contributed by atoms with Gasteiger partial charge in [-0.3, -0.25) is 4.79 Å². The van der Waals surface area contributed by atoms with Gasteiger partial charge < -0.3 is 14.8 Å². The first-order chi connectivity index (χ1) is 8.79. The summed E-state index contributed by atoms with van der Waals surface area (Å²) in [5, 5.41) is 2.83. The molecule has 1 aromatic carbocycles. The van der Waals surface area contributed by atoms with Gasteiger partial charge >= 0.3 is 0 Å². The minimum absolute atomic E-state index is 0.129. The Bertz CT molecular complexity index is 388. The third-order valence-corrected chi connectivity index (χ3v) is 3.06. The largest absolute Gasteiger partial charge is 0.376 e. The Morgan fingerprint density at radius 1 is 1.28 bits per heavy atom. The van der Waals surface area contributed by atoms with Gasteiger partial charge in [0.1, 0.15) is 0 Å². The maximum Gasteiger partial charge on any atom is 0.251 e. The highest BCUT2D eigenvalue weighted by molar-refractivity contribution is 6.17. The molecule has 0 spiro atoms. The Labute approximate surface area is 111 Å². The molecular formula is C13H16ClNO3. The van der Waals surface area contributed by atoms with E-state index in [1.807, 2.05) is 24.3 Å². The van der Waals surface area contributed by atoms with Crippen molar-refractivity contribution in [3.63, 3.8) is 0 Å². The molecule has 98 valence electrons. The van der Waals surface area contributed by atoms with Crippen molar-refractivity contribution in [1.29, 1.82) is 0 Å². The lowest BCUT2D eigenvalue weighted by atomic mass is 10.1. The lowest BCUT2D eigenvalue weighted by molar-refractivity contribution is -0.147. The number of carbonyl (C=O) groups is 1. The van der Waals surface area contributed by atoms with E-state index >= 15 is 0 Å². The molecule has 0 aliphatic carbocycles. The molecule has 1 aromatic rings. The molecule has 18 heavy (non-hydrogen) atoms. The Morgan fingerprint density at radius 2 is 2.00 bits per heavy atom. The molecule has 0 saturated carbocycles. The Morgan fingerprint density at radius 3 is 2.61 bits per heavy atom. The minimum atomic E-state index is -0.485. The predicted molar refractivity (Wildman–Crippen MR) is 68.4 cm³/mol. The van der Waals surface area contributed by atoms with Crippen LogP contribution in [0.3, 0.4) is 0 Å². The average Bonchev–Trinajstić information content (AvgIpc) is 2.46. The summed E-state index contributed by atoms with van der Waals surface area (Å²) in [5.74, 6) is 0.371. The van der Waals surface area contributed by atoms with E-state index in [0.717, 1.165) is 11.1 Å². The van der Waals surface area contributed by atoms with Crippen LogP contribution in [0.5, 0.6) is 0 Å². The summed E-state index contributed by atoms with van der Waals surface area (Å²) in [7, 11) is 0. The molecule has 0 aromatic heterocycles. The van der Waals surface area contributed by atoms with Gasteiger partial charge in [-0.15, -0.1) is 11.6 Å². The van der Waals surface area contributed by atoms with Crippen LogP contribution in [0.1, 0.15) is 11.1 Å². The second kappa shape index (κ2) is 6.73. The molecule has 1 fully saturated rings. The lowest BCUT2D eigenvalue weighted by Crippen LogP contribution is -2.42. The zero-order chi connectivity index (χ0) is 12.8. The highest BCUT2D eigenvalue weighted by Crippen LogP contribution is 2.07. The summed E-state index contributed by atoms with van der Waals surface area (Å²) in [6.45, 7) is 1.85. The van der Waals surface area contributed by atoms with Crippen molar-refractivity contribution in [2.45, 2.75) is 18.5 Å². The topological polar surface area (TPSA) is 47.6 Å². The first-order valence-electron chi connectivity index (χ1n) is 5.90. The summed E-state index contributed by atoms with van der Waals surface area (Å²) in [6, 6.07) is 7.82. The molecule has 0 bridgehead atoms. The summed E-state index contributed by atoms with van der Waals surface area (Å²) in [4.78, 5) is 11.8. The van der Waals surface area contributed by atoms with Crippen molar-refractivity contribution in [2.24, 2.45) is 0 Å². The fourth-order valence-corrected chi connectivity index (χ4v) is 1.87. The van der Waals surface area contributed by atoms with Gasteiger partial charge in [-0.25, -0.2) is 0 Å². The molecule has 2 rings (SSSR count). The highest BCUT2D eigenvalue weighted by Gasteiger charge is 2.21. The number of ether oxygens (including phenoxy) is 2. The van der Waals surface area contributed by atoms with Gasteiger partial charge in [0.05, 0.1) is 19.8 Å². The predicted octanol–water partition coefficient (Wildman–Crippen LogP) is 1.46. The number of hydrogen-bond donors (Lipinski definition) is 1. The van der Waals surface area contributed by atoms with Gasteiger partial charge in [0, 0.05) is 12.4 Å². The molecular weight excluding hydrogens is 254 g/mol. The van der Waals surface area contributed by atoms with Crippen LogP contribution in [0.2, 0.25) is 0 Å². The number of benzene rings is 1. The highest BCUT2D eigenvalue weighted by atomic mass is 35.5. The van der Waals surface area contributed by atoms with E-state index in [1.54, 1.807) is 0 Å². The smallest absolute Gasteiger partial charge is 0.251 e.